The fourth-order valence-corrected chi connectivity index (χ4v) is 3.24. The van der Waals surface area contributed by atoms with E-state index in [9.17, 15) is 13.6 Å². The number of nitrogens with one attached hydrogen (secondary N) is 1. The van der Waals surface area contributed by atoms with Crippen LogP contribution in [0.4, 0.5) is 14.5 Å². The quantitative estimate of drug-likeness (QED) is 0.373. The minimum atomic E-state index is -0.466. The second-order valence-electron chi connectivity index (χ2n) is 6.54. The maximum atomic E-state index is 14.0. The normalized spacial score (nSPS) is 14.4. The zero-order chi connectivity index (χ0) is 20.1. The molecular formula is C20H24F2IN5O. The molecule has 156 valence electrons. The summed E-state index contributed by atoms with van der Waals surface area (Å²) in [6.07, 6.45) is 0. The number of nitrogens with two attached hydrogens (primary N) is 1. The number of nitrogens with zero attached hydrogens (tertiary/aromatic N) is 3. The molecule has 1 fully saturated rings. The van der Waals surface area contributed by atoms with E-state index in [-0.39, 0.29) is 29.7 Å². The number of hydrogen-bond acceptors (Lipinski definition) is 3. The topological polar surface area (TPSA) is 74.0 Å². The number of carbonyl (C=O) groups excluding carboxylic acids is 1. The Morgan fingerprint density at radius 2 is 1.86 bits per heavy atom. The molecule has 0 unspecified atom stereocenters. The summed E-state index contributed by atoms with van der Waals surface area (Å²) in [6.45, 7) is 2.84. The molecule has 6 nitrogen and oxygen atoms in total. The highest BCUT2D eigenvalue weighted by atomic mass is 127. The molecule has 1 aliphatic rings. The van der Waals surface area contributed by atoms with Crippen molar-refractivity contribution in [3.63, 3.8) is 0 Å². The molecule has 2 aromatic carbocycles. The fourth-order valence-electron chi connectivity index (χ4n) is 3.24. The van der Waals surface area contributed by atoms with E-state index in [0.29, 0.717) is 44.2 Å². The van der Waals surface area contributed by atoms with Gasteiger partial charge in [0.1, 0.15) is 11.6 Å². The van der Waals surface area contributed by atoms with E-state index in [1.54, 1.807) is 25.2 Å². The first-order valence-corrected chi connectivity index (χ1v) is 9.02. The fraction of sp³-hybridized carbons (Fsp3) is 0.300. The van der Waals surface area contributed by atoms with Crippen molar-refractivity contribution in [2.24, 2.45) is 10.7 Å². The van der Waals surface area contributed by atoms with E-state index < -0.39 is 17.5 Å². The van der Waals surface area contributed by atoms with Crippen LogP contribution in [0.3, 0.4) is 0 Å². The van der Waals surface area contributed by atoms with Gasteiger partial charge in [-0.2, -0.15) is 0 Å². The van der Waals surface area contributed by atoms with Crippen LogP contribution in [0.2, 0.25) is 0 Å². The summed E-state index contributed by atoms with van der Waals surface area (Å²) in [5.74, 6) is -0.628. The molecule has 3 N–H and O–H groups in total. The van der Waals surface area contributed by atoms with Crippen LogP contribution >= 0.6 is 24.0 Å². The zero-order valence-corrected chi connectivity index (χ0v) is 18.4. The number of hydrogen-bond donors (Lipinski definition) is 2. The Kier molecular flexibility index (Phi) is 8.18. The van der Waals surface area contributed by atoms with Crippen LogP contribution in [0.15, 0.2) is 47.5 Å². The summed E-state index contributed by atoms with van der Waals surface area (Å²) >= 11 is 0. The van der Waals surface area contributed by atoms with Crippen molar-refractivity contribution in [1.29, 1.82) is 0 Å². The van der Waals surface area contributed by atoms with Crippen molar-refractivity contribution in [2.75, 3.05) is 38.1 Å². The van der Waals surface area contributed by atoms with Gasteiger partial charge in [-0.05, 0) is 29.8 Å². The molecule has 0 radical (unpaired) electrons. The Morgan fingerprint density at radius 3 is 2.52 bits per heavy atom. The predicted octanol–water partition coefficient (Wildman–Crippen LogP) is 2.58. The first kappa shape index (κ1) is 22.9. The standard InChI is InChI=1S/C20H23F2N5O.HI/c1-24-20(25-13-14-3-2-4-15(11-14)19(23)28)27-9-7-26(8-10-27)18-12-16(21)5-6-17(18)22;/h2-6,11-12H,7-10,13H2,1H3,(H2,23,28)(H,24,25);1H. The number of benzene rings is 2. The molecule has 0 aliphatic carbocycles. The Morgan fingerprint density at radius 1 is 1.14 bits per heavy atom. The highest BCUT2D eigenvalue weighted by Gasteiger charge is 2.22. The van der Waals surface area contributed by atoms with Gasteiger partial charge in [-0.3, -0.25) is 9.79 Å². The van der Waals surface area contributed by atoms with E-state index in [1.807, 2.05) is 11.0 Å². The Bertz CT molecular complexity index is 885. The maximum Gasteiger partial charge on any atom is 0.248 e. The summed E-state index contributed by atoms with van der Waals surface area (Å²) in [7, 11) is 1.70. The lowest BCUT2D eigenvalue weighted by Gasteiger charge is -2.37. The second kappa shape index (κ2) is 10.4. The van der Waals surface area contributed by atoms with Crippen molar-refractivity contribution in [1.82, 2.24) is 10.2 Å². The number of rotatable bonds is 4. The lowest BCUT2D eigenvalue weighted by molar-refractivity contribution is 0.1000. The van der Waals surface area contributed by atoms with Crippen LogP contribution in [-0.4, -0.2) is 50.0 Å². The predicted molar refractivity (Wildman–Crippen MR) is 121 cm³/mol. The number of guanidine groups is 1. The highest BCUT2D eigenvalue weighted by molar-refractivity contribution is 14.0. The van der Waals surface area contributed by atoms with Crippen molar-refractivity contribution < 1.29 is 13.6 Å². The number of piperazine rings is 1. The van der Waals surface area contributed by atoms with Crippen molar-refractivity contribution in [2.45, 2.75) is 6.54 Å². The van der Waals surface area contributed by atoms with Gasteiger partial charge < -0.3 is 20.9 Å². The van der Waals surface area contributed by atoms with Crippen molar-refractivity contribution in [3.05, 3.63) is 65.2 Å². The van der Waals surface area contributed by atoms with Crippen molar-refractivity contribution in [3.8, 4) is 0 Å². The van der Waals surface area contributed by atoms with Gasteiger partial charge in [0.2, 0.25) is 5.91 Å². The van der Waals surface area contributed by atoms with E-state index >= 15 is 0 Å². The molecule has 3 rings (SSSR count). The van der Waals surface area contributed by atoms with Gasteiger partial charge in [0.05, 0.1) is 5.69 Å². The number of carbonyl (C=O) groups is 1. The van der Waals surface area contributed by atoms with Gasteiger partial charge in [-0.1, -0.05) is 12.1 Å². The van der Waals surface area contributed by atoms with Gasteiger partial charge in [0.25, 0.3) is 0 Å². The Hall–Kier alpha value is -2.43. The van der Waals surface area contributed by atoms with E-state index in [0.717, 1.165) is 17.7 Å². The molecule has 0 aromatic heterocycles. The molecule has 9 heteroatoms. The Balaban J connectivity index is 0.00000300. The summed E-state index contributed by atoms with van der Waals surface area (Å²) in [4.78, 5) is 19.5. The SMILES string of the molecule is CN=C(NCc1cccc(C(N)=O)c1)N1CCN(c2cc(F)ccc2F)CC1.I. The molecule has 0 spiro atoms. The zero-order valence-electron chi connectivity index (χ0n) is 16.1. The van der Waals surface area contributed by atoms with Crippen LogP contribution in [-0.2, 0) is 6.54 Å². The summed E-state index contributed by atoms with van der Waals surface area (Å²) in [5.41, 5.74) is 6.97. The molecule has 1 saturated heterocycles. The van der Waals surface area contributed by atoms with Gasteiger partial charge in [-0.25, -0.2) is 8.78 Å². The van der Waals surface area contributed by atoms with Crippen LogP contribution < -0.4 is 16.0 Å². The average molecular weight is 515 g/mol. The van der Waals surface area contributed by atoms with Crippen LogP contribution in [0.1, 0.15) is 15.9 Å². The second-order valence-corrected chi connectivity index (χ2v) is 6.54. The molecule has 1 amide bonds. The minimum Gasteiger partial charge on any atom is -0.366 e. The maximum absolute atomic E-state index is 14.0. The molecule has 1 aliphatic heterocycles. The number of aliphatic imine (C=N–C) groups is 1. The molecule has 0 saturated carbocycles. The van der Waals surface area contributed by atoms with E-state index in [1.165, 1.54) is 6.07 Å². The van der Waals surface area contributed by atoms with Gasteiger partial charge in [0, 0.05) is 51.4 Å². The molecule has 29 heavy (non-hydrogen) atoms. The summed E-state index contributed by atoms with van der Waals surface area (Å²) < 4.78 is 27.4. The van der Waals surface area contributed by atoms with Crippen molar-refractivity contribution >= 4 is 41.5 Å². The lowest BCUT2D eigenvalue weighted by atomic mass is 10.1. The third-order valence-corrected chi connectivity index (χ3v) is 4.70. The number of anilines is 1. The molecule has 0 atom stereocenters. The Labute approximate surface area is 185 Å². The van der Waals surface area contributed by atoms with Crippen LogP contribution in [0, 0.1) is 11.6 Å². The first-order valence-electron chi connectivity index (χ1n) is 9.02. The summed E-state index contributed by atoms with van der Waals surface area (Å²) in [6, 6.07) is 10.6. The van der Waals surface area contributed by atoms with Crippen LogP contribution in [0.25, 0.3) is 0 Å². The highest BCUT2D eigenvalue weighted by Crippen LogP contribution is 2.22. The summed E-state index contributed by atoms with van der Waals surface area (Å²) in [5, 5.41) is 3.27. The third kappa shape index (κ3) is 5.78. The van der Waals surface area contributed by atoms with Gasteiger partial charge >= 0.3 is 0 Å². The first-order chi connectivity index (χ1) is 13.5. The average Bonchev–Trinajstić information content (AvgIpc) is 2.71. The van der Waals surface area contributed by atoms with E-state index in [4.69, 9.17) is 5.73 Å². The molecule has 1 heterocycles. The molecule has 0 bridgehead atoms. The number of primary amides is 1. The minimum absolute atomic E-state index is 0. The van der Waals surface area contributed by atoms with Gasteiger partial charge in [0.15, 0.2) is 5.96 Å². The molecule has 2 aromatic rings. The monoisotopic (exact) mass is 515 g/mol. The largest absolute Gasteiger partial charge is 0.366 e. The van der Waals surface area contributed by atoms with Gasteiger partial charge in [-0.15, -0.1) is 24.0 Å². The van der Waals surface area contributed by atoms with E-state index in [2.05, 4.69) is 15.2 Å². The number of amides is 1. The third-order valence-electron chi connectivity index (χ3n) is 4.70. The number of halogens is 3. The smallest absolute Gasteiger partial charge is 0.248 e. The lowest BCUT2D eigenvalue weighted by Crippen LogP contribution is -2.52. The molecular weight excluding hydrogens is 491 g/mol. The van der Waals surface area contributed by atoms with Crippen LogP contribution in [0.5, 0.6) is 0 Å².